The molecule has 1 amide bonds. The largest absolute Gasteiger partial charge is 0.508 e. The van der Waals surface area contributed by atoms with Crippen LogP contribution >= 0.6 is 0 Å². The molecule has 25 heavy (non-hydrogen) atoms. The second-order valence-electron chi connectivity index (χ2n) is 5.88. The number of aryl methyl sites for hydroxylation is 1. The molecule has 2 aromatic carbocycles. The number of aromatic nitrogens is 3. The van der Waals surface area contributed by atoms with Crippen molar-refractivity contribution in [2.45, 2.75) is 19.4 Å². The van der Waals surface area contributed by atoms with Crippen molar-refractivity contribution in [3.05, 3.63) is 77.4 Å². The normalized spacial score (nSPS) is 11.9. The maximum atomic E-state index is 12.6. The maximum Gasteiger partial charge on any atom is 0.225 e. The molecule has 0 spiro atoms. The fourth-order valence-corrected chi connectivity index (χ4v) is 2.66. The van der Waals surface area contributed by atoms with Gasteiger partial charge in [-0.25, -0.2) is 0 Å². The van der Waals surface area contributed by atoms with Gasteiger partial charge in [0.25, 0.3) is 0 Å². The number of phenols is 1. The molecule has 2 N–H and O–H groups in total. The average molecular weight is 336 g/mol. The quantitative estimate of drug-likeness (QED) is 0.749. The lowest BCUT2D eigenvalue weighted by Gasteiger charge is -2.19. The Morgan fingerprint density at radius 2 is 1.80 bits per heavy atom. The van der Waals surface area contributed by atoms with Gasteiger partial charge in [0.1, 0.15) is 17.6 Å². The Bertz CT molecular complexity index is 874. The zero-order chi connectivity index (χ0) is 17.8. The number of rotatable bonds is 5. The van der Waals surface area contributed by atoms with Gasteiger partial charge >= 0.3 is 0 Å². The minimum Gasteiger partial charge on any atom is -0.508 e. The molecule has 0 aliphatic heterocycles. The topological polar surface area (TPSA) is 80.0 Å². The van der Waals surface area contributed by atoms with Crippen molar-refractivity contribution in [1.29, 1.82) is 0 Å². The smallest absolute Gasteiger partial charge is 0.225 e. The maximum absolute atomic E-state index is 12.6. The number of carbonyl (C=O) groups is 1. The molecule has 0 radical (unpaired) electrons. The van der Waals surface area contributed by atoms with Gasteiger partial charge in [0.05, 0.1) is 6.42 Å². The molecule has 0 fully saturated rings. The molecule has 0 unspecified atom stereocenters. The summed E-state index contributed by atoms with van der Waals surface area (Å²) in [5, 5.41) is 21.2. The summed E-state index contributed by atoms with van der Waals surface area (Å²) in [5.41, 5.74) is 1.50. The van der Waals surface area contributed by atoms with Crippen molar-refractivity contribution < 1.29 is 9.90 Å². The second kappa shape index (κ2) is 7.17. The summed E-state index contributed by atoms with van der Waals surface area (Å²) in [6, 6.07) is 16.1. The van der Waals surface area contributed by atoms with Gasteiger partial charge in [-0.1, -0.05) is 48.5 Å². The van der Waals surface area contributed by atoms with E-state index in [1.807, 2.05) is 48.9 Å². The molecular formula is C19H20N4O2. The average Bonchev–Trinajstić information content (AvgIpc) is 2.95. The third-order valence-corrected chi connectivity index (χ3v) is 4.17. The van der Waals surface area contributed by atoms with Gasteiger partial charge in [0.2, 0.25) is 5.91 Å². The number of nitrogens with zero attached hydrogens (tertiary/aromatic N) is 3. The van der Waals surface area contributed by atoms with Crippen LogP contribution in [-0.2, 0) is 18.3 Å². The predicted octanol–water partition coefficient (Wildman–Crippen LogP) is 2.28. The molecule has 0 saturated heterocycles. The Labute approximate surface area is 146 Å². The Balaban J connectivity index is 1.87. The van der Waals surface area contributed by atoms with Crippen LogP contribution in [0.4, 0.5) is 0 Å². The van der Waals surface area contributed by atoms with Crippen LogP contribution in [0.1, 0.15) is 28.8 Å². The van der Waals surface area contributed by atoms with Crippen LogP contribution in [0, 0.1) is 6.92 Å². The minimum absolute atomic E-state index is 0.0901. The van der Waals surface area contributed by atoms with Crippen LogP contribution in [-0.4, -0.2) is 25.8 Å². The monoisotopic (exact) mass is 336 g/mol. The number of para-hydroxylation sites is 1. The summed E-state index contributed by atoms with van der Waals surface area (Å²) in [6.45, 7) is 1.86. The molecule has 0 aliphatic rings. The van der Waals surface area contributed by atoms with Crippen LogP contribution in [0.5, 0.6) is 5.75 Å². The first-order chi connectivity index (χ1) is 12.1. The molecule has 1 atom stereocenters. The van der Waals surface area contributed by atoms with Gasteiger partial charge in [-0.15, -0.1) is 10.2 Å². The van der Waals surface area contributed by atoms with E-state index in [1.54, 1.807) is 24.3 Å². The van der Waals surface area contributed by atoms with Crippen molar-refractivity contribution in [2.75, 3.05) is 0 Å². The van der Waals surface area contributed by atoms with Gasteiger partial charge in [-0.05, 0) is 18.6 Å². The Hall–Kier alpha value is -3.15. The van der Waals surface area contributed by atoms with E-state index in [1.165, 1.54) is 0 Å². The first kappa shape index (κ1) is 16.7. The highest BCUT2D eigenvalue weighted by atomic mass is 16.3. The summed E-state index contributed by atoms with van der Waals surface area (Å²) in [6.07, 6.45) is 0.0901. The zero-order valence-electron chi connectivity index (χ0n) is 14.2. The molecule has 3 aromatic rings. The lowest BCUT2D eigenvalue weighted by molar-refractivity contribution is -0.121. The van der Waals surface area contributed by atoms with E-state index in [9.17, 15) is 9.90 Å². The van der Waals surface area contributed by atoms with Crippen LogP contribution in [0.15, 0.2) is 54.6 Å². The van der Waals surface area contributed by atoms with Gasteiger partial charge in [-0.3, -0.25) is 4.79 Å². The number of aromatic hydroxyl groups is 1. The standard InChI is InChI=1S/C19H20N4O2/c1-13-21-22-19(23(13)2)18(14-8-4-3-5-9-14)20-17(25)12-15-10-6-7-11-16(15)24/h3-11,18,24H,12H2,1-2H3,(H,20,25)/t18-/m0/s1. The van der Waals surface area contributed by atoms with E-state index in [-0.39, 0.29) is 18.1 Å². The van der Waals surface area contributed by atoms with E-state index in [2.05, 4.69) is 15.5 Å². The van der Waals surface area contributed by atoms with Gasteiger partial charge in [-0.2, -0.15) is 0 Å². The summed E-state index contributed by atoms with van der Waals surface area (Å²) in [4.78, 5) is 12.6. The predicted molar refractivity (Wildman–Crippen MR) is 94.0 cm³/mol. The number of hydrogen-bond donors (Lipinski definition) is 2. The van der Waals surface area contributed by atoms with E-state index in [0.717, 1.165) is 11.4 Å². The molecule has 128 valence electrons. The summed E-state index contributed by atoms with van der Waals surface area (Å²) < 4.78 is 1.86. The number of carbonyl (C=O) groups excluding carboxylic acids is 1. The van der Waals surface area contributed by atoms with Gasteiger partial charge < -0.3 is 15.0 Å². The Kier molecular flexibility index (Phi) is 4.79. The number of benzene rings is 2. The highest BCUT2D eigenvalue weighted by molar-refractivity contribution is 5.80. The minimum atomic E-state index is -0.411. The van der Waals surface area contributed by atoms with Crippen LogP contribution in [0.25, 0.3) is 0 Å². The number of phenolic OH excluding ortho intramolecular Hbond substituents is 1. The van der Waals surface area contributed by atoms with Crippen LogP contribution < -0.4 is 5.32 Å². The Morgan fingerprint density at radius 1 is 1.12 bits per heavy atom. The van der Waals surface area contributed by atoms with Gasteiger partial charge in [0, 0.05) is 12.6 Å². The molecule has 0 aliphatic carbocycles. The molecule has 1 aromatic heterocycles. The summed E-state index contributed by atoms with van der Waals surface area (Å²) in [5.74, 6) is 1.35. The van der Waals surface area contributed by atoms with E-state index >= 15 is 0 Å². The summed E-state index contributed by atoms with van der Waals surface area (Å²) in [7, 11) is 1.87. The zero-order valence-corrected chi connectivity index (χ0v) is 14.2. The molecule has 6 heteroatoms. The molecule has 0 bridgehead atoms. The van der Waals surface area contributed by atoms with Crippen molar-refractivity contribution in [1.82, 2.24) is 20.1 Å². The van der Waals surface area contributed by atoms with E-state index in [4.69, 9.17) is 0 Å². The fourth-order valence-electron chi connectivity index (χ4n) is 2.66. The number of hydrogen-bond acceptors (Lipinski definition) is 4. The van der Waals surface area contributed by atoms with Crippen molar-refractivity contribution in [2.24, 2.45) is 7.05 Å². The molecule has 1 heterocycles. The lowest BCUT2D eigenvalue weighted by Crippen LogP contribution is -2.32. The van der Waals surface area contributed by atoms with Crippen LogP contribution in [0.2, 0.25) is 0 Å². The summed E-state index contributed by atoms with van der Waals surface area (Å²) >= 11 is 0. The molecule has 6 nitrogen and oxygen atoms in total. The first-order valence-electron chi connectivity index (χ1n) is 8.03. The highest BCUT2D eigenvalue weighted by Gasteiger charge is 2.22. The van der Waals surface area contributed by atoms with Crippen molar-refractivity contribution in [3.8, 4) is 5.75 Å². The van der Waals surface area contributed by atoms with Crippen LogP contribution in [0.3, 0.4) is 0 Å². The Morgan fingerprint density at radius 3 is 2.44 bits per heavy atom. The molecular weight excluding hydrogens is 316 g/mol. The van der Waals surface area contributed by atoms with Gasteiger partial charge in [0.15, 0.2) is 5.82 Å². The number of amides is 1. The fraction of sp³-hybridized carbons (Fsp3) is 0.211. The number of nitrogens with one attached hydrogen (secondary N) is 1. The first-order valence-corrected chi connectivity index (χ1v) is 8.03. The third kappa shape index (κ3) is 3.68. The molecule has 0 saturated carbocycles. The third-order valence-electron chi connectivity index (χ3n) is 4.17. The van der Waals surface area contributed by atoms with Crippen molar-refractivity contribution >= 4 is 5.91 Å². The van der Waals surface area contributed by atoms with E-state index in [0.29, 0.717) is 11.4 Å². The van der Waals surface area contributed by atoms with E-state index < -0.39 is 6.04 Å². The lowest BCUT2D eigenvalue weighted by atomic mass is 10.0. The molecule has 3 rings (SSSR count). The van der Waals surface area contributed by atoms with Crippen molar-refractivity contribution in [3.63, 3.8) is 0 Å². The SMILES string of the molecule is Cc1nnc([C@@H](NC(=O)Cc2ccccc2O)c2ccccc2)n1C. The second-order valence-corrected chi connectivity index (χ2v) is 5.88. The highest BCUT2D eigenvalue weighted by Crippen LogP contribution is 2.22.